The molecule has 0 unspecified atom stereocenters. The summed E-state index contributed by atoms with van der Waals surface area (Å²) in [7, 11) is 0. The van der Waals surface area contributed by atoms with E-state index >= 15 is 0 Å². The topological polar surface area (TPSA) is 88.1 Å². The van der Waals surface area contributed by atoms with Crippen LogP contribution in [0.25, 0.3) is 0 Å². The maximum Gasteiger partial charge on any atom is 0.355 e. The first-order chi connectivity index (χ1) is 15.6. The van der Waals surface area contributed by atoms with Crippen molar-refractivity contribution in [3.63, 3.8) is 0 Å². The predicted molar refractivity (Wildman–Crippen MR) is 130 cm³/mol. The Morgan fingerprint density at radius 2 is 0.879 bits per heavy atom. The first kappa shape index (κ1) is 33.5. The van der Waals surface area contributed by atoms with E-state index in [1.807, 2.05) is 0 Å². The molecule has 0 radical (unpaired) electrons. The summed E-state index contributed by atoms with van der Waals surface area (Å²) in [5.41, 5.74) is -0.411. The summed E-state index contributed by atoms with van der Waals surface area (Å²) >= 11 is 0. The van der Waals surface area contributed by atoms with Gasteiger partial charge in [0.1, 0.15) is 5.60 Å². The third-order valence-corrected chi connectivity index (χ3v) is 4.61. The summed E-state index contributed by atoms with van der Waals surface area (Å²) in [5, 5.41) is 0. The van der Waals surface area contributed by atoms with Gasteiger partial charge in [0.15, 0.2) is 0 Å². The fourth-order valence-corrected chi connectivity index (χ4v) is 2.81. The van der Waals surface area contributed by atoms with Gasteiger partial charge in [-0.3, -0.25) is 4.89 Å². The number of rotatable bonds is 17. The maximum absolute atomic E-state index is 11.5. The summed E-state index contributed by atoms with van der Waals surface area (Å²) in [4.78, 5) is 51.1. The van der Waals surface area contributed by atoms with E-state index in [1.54, 1.807) is 20.8 Å². The molecule has 7 nitrogen and oxygen atoms in total. The van der Waals surface area contributed by atoms with Crippen LogP contribution in [0.5, 0.6) is 0 Å². The second-order valence-electron chi connectivity index (χ2n) is 9.42. The van der Waals surface area contributed by atoms with Gasteiger partial charge in [-0.1, -0.05) is 90.9 Å². The van der Waals surface area contributed by atoms with Gasteiger partial charge in [0.05, 0.1) is 12.8 Å². The van der Waals surface area contributed by atoms with Gasteiger partial charge in [0.25, 0.3) is 0 Å². The smallest absolute Gasteiger partial charge is 0.298 e. The molecule has 0 aliphatic carbocycles. The molecule has 0 aliphatic heterocycles. The van der Waals surface area contributed by atoms with Crippen LogP contribution in [-0.2, 0) is 33.9 Å². The van der Waals surface area contributed by atoms with Crippen molar-refractivity contribution in [2.24, 2.45) is 0 Å². The highest BCUT2D eigenvalue weighted by molar-refractivity contribution is 5.72. The van der Waals surface area contributed by atoms with Crippen molar-refractivity contribution in [3.05, 3.63) is 0 Å². The molecule has 196 valence electrons. The molecule has 0 amide bonds. The van der Waals surface area contributed by atoms with E-state index in [1.165, 1.54) is 58.3 Å². The number of carbonyl (C=O) groups is 3. The molecule has 0 bridgehead atoms. The predicted octanol–water partition coefficient (Wildman–Crippen LogP) is 7.55. The minimum absolute atomic E-state index is 0.332. The summed E-state index contributed by atoms with van der Waals surface area (Å²) in [6.07, 6.45) is 16.7. The van der Waals surface area contributed by atoms with Crippen LogP contribution in [-0.4, -0.2) is 23.5 Å². The standard InChI is InChI=1S/C20H38O4.C6H12O3/c1-3-5-7-9-11-13-15-17-19(21)23-24-20(22)18-16-14-12-10-8-6-4-2;1-5(7)8-9-6(2,3)4/h3-18H2,1-2H3;1-4H3. The average molecular weight is 475 g/mol. The van der Waals surface area contributed by atoms with Gasteiger partial charge in [0.2, 0.25) is 0 Å². The lowest BCUT2D eigenvalue weighted by atomic mass is 10.1. The van der Waals surface area contributed by atoms with Crippen molar-refractivity contribution >= 4 is 17.9 Å². The molecule has 0 atom stereocenters. The summed E-state index contributed by atoms with van der Waals surface area (Å²) in [6, 6.07) is 0. The van der Waals surface area contributed by atoms with Crippen molar-refractivity contribution < 1.29 is 33.9 Å². The molecule has 33 heavy (non-hydrogen) atoms. The highest BCUT2D eigenvalue weighted by atomic mass is 17.2. The average Bonchev–Trinajstić information content (AvgIpc) is 2.75. The van der Waals surface area contributed by atoms with Gasteiger partial charge in [-0.05, 0) is 33.6 Å². The molecule has 0 heterocycles. The molecule has 0 aromatic heterocycles. The first-order valence-corrected chi connectivity index (χ1v) is 12.9. The molecular weight excluding hydrogens is 424 g/mol. The van der Waals surface area contributed by atoms with Crippen LogP contribution in [0.3, 0.4) is 0 Å². The van der Waals surface area contributed by atoms with E-state index < -0.39 is 23.5 Å². The van der Waals surface area contributed by atoms with Crippen LogP contribution in [0, 0.1) is 0 Å². The Bertz CT molecular complexity index is 454. The molecule has 0 rings (SSSR count). The largest absolute Gasteiger partial charge is 0.355 e. The van der Waals surface area contributed by atoms with Crippen LogP contribution < -0.4 is 0 Å². The van der Waals surface area contributed by atoms with E-state index in [9.17, 15) is 14.4 Å². The maximum atomic E-state index is 11.5. The minimum atomic E-state index is -0.434. The Morgan fingerprint density at radius 1 is 0.545 bits per heavy atom. The highest BCUT2D eigenvalue weighted by Gasteiger charge is 2.12. The fourth-order valence-electron chi connectivity index (χ4n) is 2.81. The zero-order chi connectivity index (χ0) is 25.4. The van der Waals surface area contributed by atoms with Crippen LogP contribution in [0.1, 0.15) is 144 Å². The molecule has 0 saturated carbocycles. The molecule has 0 aromatic carbocycles. The Kier molecular flexibility index (Phi) is 23.9. The quantitative estimate of drug-likeness (QED) is 0.122. The number of hydrogen-bond donors (Lipinski definition) is 0. The second-order valence-corrected chi connectivity index (χ2v) is 9.42. The second kappa shape index (κ2) is 23.5. The Morgan fingerprint density at radius 3 is 1.15 bits per heavy atom. The zero-order valence-electron chi connectivity index (χ0n) is 22.2. The van der Waals surface area contributed by atoms with Gasteiger partial charge in [-0.15, -0.1) is 0 Å². The van der Waals surface area contributed by atoms with Crippen LogP contribution in [0.15, 0.2) is 0 Å². The minimum Gasteiger partial charge on any atom is -0.298 e. The molecule has 0 aromatic rings. The van der Waals surface area contributed by atoms with Crippen molar-refractivity contribution in [1.29, 1.82) is 0 Å². The van der Waals surface area contributed by atoms with E-state index in [0.717, 1.165) is 38.5 Å². The summed E-state index contributed by atoms with van der Waals surface area (Å²) < 4.78 is 0. The van der Waals surface area contributed by atoms with Crippen LogP contribution in [0.2, 0.25) is 0 Å². The number of hydrogen-bond acceptors (Lipinski definition) is 7. The van der Waals surface area contributed by atoms with Crippen LogP contribution in [0.4, 0.5) is 0 Å². The highest BCUT2D eigenvalue weighted by Crippen LogP contribution is 2.10. The Hall–Kier alpha value is -1.63. The molecule has 0 aliphatic rings. The first-order valence-electron chi connectivity index (χ1n) is 12.9. The van der Waals surface area contributed by atoms with Crippen molar-refractivity contribution in [3.8, 4) is 0 Å². The third kappa shape index (κ3) is 32.6. The van der Waals surface area contributed by atoms with Crippen molar-refractivity contribution in [2.45, 2.75) is 150 Å². The van der Waals surface area contributed by atoms with E-state index in [2.05, 4.69) is 33.4 Å². The number of carbonyl (C=O) groups excluding carboxylic acids is 3. The van der Waals surface area contributed by atoms with Crippen molar-refractivity contribution in [1.82, 2.24) is 0 Å². The SMILES string of the molecule is CC(=O)OOC(C)(C)C.CCCCCCCCCC(=O)OOC(=O)CCCCCCCCC. The van der Waals surface area contributed by atoms with Gasteiger partial charge >= 0.3 is 17.9 Å². The normalized spacial score (nSPS) is 10.7. The molecule has 0 N–H and O–H groups in total. The third-order valence-electron chi connectivity index (χ3n) is 4.61. The fraction of sp³-hybridized carbons (Fsp3) is 0.885. The summed E-state index contributed by atoms with van der Waals surface area (Å²) in [5.74, 6) is -1.29. The van der Waals surface area contributed by atoms with Crippen LogP contribution >= 0.6 is 0 Å². The summed E-state index contributed by atoms with van der Waals surface area (Å²) in [6.45, 7) is 11.1. The molecule has 0 saturated heterocycles. The lowest BCUT2D eigenvalue weighted by Gasteiger charge is -2.15. The number of unbranched alkanes of at least 4 members (excludes halogenated alkanes) is 12. The lowest BCUT2D eigenvalue weighted by molar-refractivity contribution is -0.318. The van der Waals surface area contributed by atoms with E-state index in [-0.39, 0.29) is 0 Å². The molecule has 0 spiro atoms. The van der Waals surface area contributed by atoms with Crippen molar-refractivity contribution in [2.75, 3.05) is 0 Å². The Balaban J connectivity index is 0. The zero-order valence-corrected chi connectivity index (χ0v) is 22.2. The van der Waals surface area contributed by atoms with Gasteiger partial charge < -0.3 is 0 Å². The van der Waals surface area contributed by atoms with Gasteiger partial charge in [-0.2, -0.15) is 4.89 Å². The monoisotopic (exact) mass is 474 g/mol. The molecular formula is C26H50O7. The van der Waals surface area contributed by atoms with E-state index in [0.29, 0.717) is 12.8 Å². The van der Waals surface area contributed by atoms with E-state index in [4.69, 9.17) is 0 Å². The van der Waals surface area contributed by atoms with Gasteiger partial charge in [-0.25, -0.2) is 24.2 Å². The Labute approximate surface area is 202 Å². The van der Waals surface area contributed by atoms with Gasteiger partial charge in [0, 0.05) is 6.92 Å². The lowest BCUT2D eigenvalue weighted by Crippen LogP contribution is -2.20. The molecule has 0 fully saturated rings. The molecule has 7 heteroatoms.